The van der Waals surface area contributed by atoms with Crippen LogP contribution in [-0.4, -0.2) is 31.9 Å². The van der Waals surface area contributed by atoms with Crippen LogP contribution in [-0.2, 0) is 12.1 Å². The molecular formula is C20H22N2O5S. The first-order valence-electron chi connectivity index (χ1n) is 8.58. The third-order valence-corrected chi connectivity index (χ3v) is 5.02. The maximum Gasteiger partial charge on any atom is 0.315 e. The quantitative estimate of drug-likeness (QED) is 0.538. The van der Waals surface area contributed by atoms with Gasteiger partial charge >= 0.3 is 6.03 Å². The van der Waals surface area contributed by atoms with Crippen molar-refractivity contribution in [1.82, 2.24) is 10.6 Å². The Bertz CT molecular complexity index is 859. The van der Waals surface area contributed by atoms with E-state index in [1.807, 2.05) is 16.8 Å². The number of hydrogen-bond donors (Lipinski definition) is 3. The number of aliphatic hydroxyl groups is 1. The number of carbonyl (C=O) groups is 1. The van der Waals surface area contributed by atoms with Crippen LogP contribution in [0.15, 0.2) is 57.8 Å². The van der Waals surface area contributed by atoms with Gasteiger partial charge in [0.15, 0.2) is 17.1 Å². The summed E-state index contributed by atoms with van der Waals surface area (Å²) in [5.41, 5.74) is 0.0732. The summed E-state index contributed by atoms with van der Waals surface area (Å²) in [5, 5.41) is 20.3. The molecule has 1 atom stereocenters. The van der Waals surface area contributed by atoms with Gasteiger partial charge in [-0.3, -0.25) is 0 Å². The van der Waals surface area contributed by atoms with Gasteiger partial charge in [0, 0.05) is 12.1 Å². The zero-order chi connectivity index (χ0) is 20.0. The number of ether oxygens (including phenoxy) is 2. The first kappa shape index (κ1) is 19.8. The second-order valence-electron chi connectivity index (χ2n) is 6.08. The number of nitrogens with one attached hydrogen (secondary N) is 2. The molecule has 2 amide bonds. The Kier molecular flexibility index (Phi) is 6.23. The summed E-state index contributed by atoms with van der Waals surface area (Å²) in [6, 6.07) is 10.2. The highest BCUT2D eigenvalue weighted by Crippen LogP contribution is 2.31. The molecule has 2 aromatic heterocycles. The van der Waals surface area contributed by atoms with E-state index < -0.39 is 11.6 Å². The maximum absolute atomic E-state index is 12.3. The average molecular weight is 402 g/mol. The summed E-state index contributed by atoms with van der Waals surface area (Å²) >= 11 is 1.46. The van der Waals surface area contributed by atoms with Gasteiger partial charge < -0.3 is 29.6 Å². The molecule has 0 bridgehead atoms. The van der Waals surface area contributed by atoms with Gasteiger partial charge in [0.1, 0.15) is 5.76 Å². The molecule has 0 spiro atoms. The van der Waals surface area contributed by atoms with Crippen LogP contribution in [0.4, 0.5) is 4.79 Å². The lowest BCUT2D eigenvalue weighted by Gasteiger charge is -2.25. The van der Waals surface area contributed by atoms with Gasteiger partial charge in [0.25, 0.3) is 0 Å². The molecule has 28 heavy (non-hydrogen) atoms. The topological polar surface area (TPSA) is 93.0 Å². The number of benzene rings is 1. The van der Waals surface area contributed by atoms with Crippen LogP contribution in [0.5, 0.6) is 11.5 Å². The van der Waals surface area contributed by atoms with E-state index in [4.69, 9.17) is 13.9 Å². The molecule has 0 fully saturated rings. The number of hydrogen-bond acceptors (Lipinski definition) is 6. The zero-order valence-corrected chi connectivity index (χ0v) is 16.4. The fraction of sp³-hybridized carbons (Fsp3) is 0.250. The minimum atomic E-state index is -1.44. The van der Waals surface area contributed by atoms with Crippen LogP contribution >= 0.6 is 11.3 Å². The molecule has 0 aliphatic rings. The second kappa shape index (κ2) is 8.81. The van der Waals surface area contributed by atoms with E-state index in [-0.39, 0.29) is 6.54 Å². The molecule has 0 aliphatic heterocycles. The number of carbonyl (C=O) groups excluding carboxylic acids is 1. The standard InChI is InChI=1S/C20H22N2O5S/c1-25-16-6-5-14(10-17(16)26-2)11-21-19(23)22-13-20(24,15-7-9-28-12-15)18-4-3-8-27-18/h3-10,12,24H,11,13H2,1-2H3,(H2,21,22,23)/t20-/m0/s1. The predicted octanol–water partition coefficient (Wildman–Crippen LogP) is 3.09. The summed E-state index contributed by atoms with van der Waals surface area (Å²) in [5.74, 6) is 1.58. The lowest BCUT2D eigenvalue weighted by atomic mass is 9.93. The van der Waals surface area contributed by atoms with Gasteiger partial charge in [-0.1, -0.05) is 6.07 Å². The highest BCUT2D eigenvalue weighted by Gasteiger charge is 2.35. The molecule has 3 aromatic rings. The van der Waals surface area contributed by atoms with Crippen molar-refractivity contribution in [3.63, 3.8) is 0 Å². The van der Waals surface area contributed by atoms with Crippen molar-refractivity contribution < 1.29 is 23.8 Å². The Morgan fingerprint density at radius 3 is 2.64 bits per heavy atom. The number of furan rings is 1. The van der Waals surface area contributed by atoms with Crippen molar-refractivity contribution >= 4 is 17.4 Å². The minimum absolute atomic E-state index is 0.0327. The van der Waals surface area contributed by atoms with Crippen molar-refractivity contribution in [3.8, 4) is 11.5 Å². The highest BCUT2D eigenvalue weighted by atomic mass is 32.1. The normalized spacial score (nSPS) is 12.8. The molecule has 3 N–H and O–H groups in total. The van der Waals surface area contributed by atoms with Crippen LogP contribution < -0.4 is 20.1 Å². The van der Waals surface area contributed by atoms with Gasteiger partial charge in [0.2, 0.25) is 0 Å². The molecule has 2 heterocycles. The molecule has 3 rings (SSSR count). The maximum atomic E-state index is 12.3. The molecular weight excluding hydrogens is 380 g/mol. The Morgan fingerprint density at radius 1 is 1.18 bits per heavy atom. The van der Waals surface area contributed by atoms with Gasteiger partial charge in [-0.2, -0.15) is 11.3 Å². The van der Waals surface area contributed by atoms with E-state index in [0.717, 1.165) is 5.56 Å². The number of urea groups is 1. The second-order valence-corrected chi connectivity index (χ2v) is 6.86. The molecule has 0 aliphatic carbocycles. The number of thiophene rings is 1. The van der Waals surface area contributed by atoms with Crippen molar-refractivity contribution in [1.29, 1.82) is 0 Å². The van der Waals surface area contributed by atoms with Crippen molar-refractivity contribution in [3.05, 3.63) is 70.3 Å². The number of amides is 2. The molecule has 7 nitrogen and oxygen atoms in total. The number of rotatable bonds is 8. The van der Waals surface area contributed by atoms with Gasteiger partial charge in [-0.15, -0.1) is 0 Å². The summed E-state index contributed by atoms with van der Waals surface area (Å²) in [6.45, 7) is 0.263. The Hall–Kier alpha value is -2.97. The fourth-order valence-electron chi connectivity index (χ4n) is 2.79. The van der Waals surface area contributed by atoms with Crippen LogP contribution in [0.2, 0.25) is 0 Å². The molecule has 0 unspecified atom stereocenters. The zero-order valence-electron chi connectivity index (χ0n) is 15.6. The molecule has 0 radical (unpaired) electrons. The lowest BCUT2D eigenvalue weighted by molar-refractivity contribution is 0.0591. The van der Waals surface area contributed by atoms with Gasteiger partial charge in [0.05, 0.1) is 27.0 Å². The van der Waals surface area contributed by atoms with Crippen LogP contribution in [0.25, 0.3) is 0 Å². The van der Waals surface area contributed by atoms with Gasteiger partial charge in [-0.05, 0) is 46.7 Å². The van der Waals surface area contributed by atoms with Gasteiger partial charge in [-0.25, -0.2) is 4.79 Å². The molecule has 0 saturated carbocycles. The third-order valence-electron chi connectivity index (χ3n) is 4.33. The van der Waals surface area contributed by atoms with E-state index in [2.05, 4.69) is 10.6 Å². The summed E-state index contributed by atoms with van der Waals surface area (Å²) in [4.78, 5) is 12.3. The first-order chi connectivity index (χ1) is 13.6. The smallest absolute Gasteiger partial charge is 0.315 e. The van der Waals surface area contributed by atoms with Crippen LogP contribution in [0, 0.1) is 0 Å². The molecule has 0 saturated heterocycles. The predicted molar refractivity (Wildman–Crippen MR) is 106 cm³/mol. The SMILES string of the molecule is COc1ccc(CNC(=O)NC[C@](O)(c2ccsc2)c2ccco2)cc1OC. The fourth-order valence-corrected chi connectivity index (χ4v) is 3.51. The summed E-state index contributed by atoms with van der Waals surface area (Å²) < 4.78 is 15.9. The summed E-state index contributed by atoms with van der Waals surface area (Å²) in [6.07, 6.45) is 1.49. The Balaban J connectivity index is 1.61. The van der Waals surface area contributed by atoms with E-state index in [0.29, 0.717) is 29.4 Å². The lowest BCUT2D eigenvalue weighted by Crippen LogP contribution is -2.45. The van der Waals surface area contributed by atoms with Crippen LogP contribution in [0.3, 0.4) is 0 Å². The van der Waals surface area contributed by atoms with Crippen molar-refractivity contribution in [2.75, 3.05) is 20.8 Å². The van der Waals surface area contributed by atoms with E-state index >= 15 is 0 Å². The van der Waals surface area contributed by atoms with E-state index in [1.54, 1.807) is 44.6 Å². The summed E-state index contributed by atoms with van der Waals surface area (Å²) in [7, 11) is 3.12. The molecule has 148 valence electrons. The van der Waals surface area contributed by atoms with Crippen molar-refractivity contribution in [2.24, 2.45) is 0 Å². The van der Waals surface area contributed by atoms with Crippen molar-refractivity contribution in [2.45, 2.75) is 12.1 Å². The monoisotopic (exact) mass is 402 g/mol. The Labute approximate surface area is 166 Å². The molecule has 1 aromatic carbocycles. The number of methoxy groups -OCH3 is 2. The van der Waals surface area contributed by atoms with Crippen LogP contribution in [0.1, 0.15) is 16.9 Å². The van der Waals surface area contributed by atoms with E-state index in [1.165, 1.54) is 17.6 Å². The molecule has 8 heteroatoms. The first-order valence-corrected chi connectivity index (χ1v) is 9.52. The highest BCUT2D eigenvalue weighted by molar-refractivity contribution is 7.08. The third kappa shape index (κ3) is 4.29. The largest absolute Gasteiger partial charge is 0.493 e. The Morgan fingerprint density at radius 2 is 2.00 bits per heavy atom. The average Bonchev–Trinajstić information content (AvgIpc) is 3.44. The van der Waals surface area contributed by atoms with E-state index in [9.17, 15) is 9.90 Å². The minimum Gasteiger partial charge on any atom is -0.493 e.